The molecule has 19 heavy (non-hydrogen) atoms. The fraction of sp³-hybridized carbons (Fsp3) is 0.417. The van der Waals surface area contributed by atoms with Gasteiger partial charge in [0.2, 0.25) is 0 Å². The number of nitro groups is 1. The molecule has 0 bridgehead atoms. The molecule has 0 radical (unpaired) electrons. The number of halogens is 1. The van der Waals surface area contributed by atoms with E-state index < -0.39 is 4.92 Å². The van der Waals surface area contributed by atoms with Crippen LogP contribution >= 0.6 is 22.6 Å². The molecule has 0 aromatic heterocycles. The minimum atomic E-state index is -0.475. The SMILES string of the molecule is CCN[C@H](C)CNC(=O)c1ccc([N+](=O)[O-])cc1I. The summed E-state index contributed by atoms with van der Waals surface area (Å²) in [5.74, 6) is -0.218. The van der Waals surface area contributed by atoms with E-state index in [9.17, 15) is 14.9 Å². The van der Waals surface area contributed by atoms with Crippen LogP contribution in [0.2, 0.25) is 0 Å². The molecule has 6 nitrogen and oxygen atoms in total. The number of non-ortho nitro benzene ring substituents is 1. The van der Waals surface area contributed by atoms with Gasteiger partial charge >= 0.3 is 0 Å². The summed E-state index contributed by atoms with van der Waals surface area (Å²) >= 11 is 1.93. The van der Waals surface area contributed by atoms with Crippen LogP contribution in [0.15, 0.2) is 18.2 Å². The zero-order valence-corrected chi connectivity index (χ0v) is 12.9. The fourth-order valence-electron chi connectivity index (χ4n) is 1.56. The Kier molecular flexibility index (Phi) is 6.16. The highest BCUT2D eigenvalue weighted by Crippen LogP contribution is 2.19. The first kappa shape index (κ1) is 15.8. The summed E-state index contributed by atoms with van der Waals surface area (Å²) in [6, 6.07) is 4.39. The molecule has 0 saturated heterocycles. The topological polar surface area (TPSA) is 84.3 Å². The number of hydrogen-bond donors (Lipinski definition) is 2. The molecule has 0 fully saturated rings. The van der Waals surface area contributed by atoms with Crippen LogP contribution in [-0.4, -0.2) is 30.0 Å². The minimum Gasteiger partial charge on any atom is -0.350 e. The number of rotatable bonds is 6. The number of carbonyl (C=O) groups excluding carboxylic acids is 1. The van der Waals surface area contributed by atoms with E-state index in [-0.39, 0.29) is 17.6 Å². The zero-order chi connectivity index (χ0) is 14.4. The molecule has 0 aliphatic rings. The second kappa shape index (κ2) is 7.39. The first-order valence-electron chi connectivity index (χ1n) is 5.91. The second-order valence-electron chi connectivity index (χ2n) is 4.09. The molecule has 1 aromatic rings. The number of nitrogens with one attached hydrogen (secondary N) is 2. The van der Waals surface area contributed by atoms with Crippen molar-refractivity contribution in [1.29, 1.82) is 0 Å². The first-order chi connectivity index (χ1) is 8.95. The van der Waals surface area contributed by atoms with Crippen LogP contribution in [-0.2, 0) is 0 Å². The molecular weight excluding hydrogens is 361 g/mol. The summed E-state index contributed by atoms with van der Waals surface area (Å²) in [6.07, 6.45) is 0. The van der Waals surface area contributed by atoms with Crippen molar-refractivity contribution in [2.75, 3.05) is 13.1 Å². The van der Waals surface area contributed by atoms with Crippen molar-refractivity contribution in [3.05, 3.63) is 37.4 Å². The number of amides is 1. The third-order valence-corrected chi connectivity index (χ3v) is 3.42. The molecule has 0 aliphatic heterocycles. The molecule has 0 heterocycles. The predicted octanol–water partition coefficient (Wildman–Crippen LogP) is 1.93. The van der Waals surface area contributed by atoms with Gasteiger partial charge in [0.05, 0.1) is 10.5 Å². The highest BCUT2D eigenvalue weighted by molar-refractivity contribution is 14.1. The highest BCUT2D eigenvalue weighted by atomic mass is 127. The number of benzene rings is 1. The maximum Gasteiger partial charge on any atom is 0.270 e. The van der Waals surface area contributed by atoms with Crippen LogP contribution in [0.25, 0.3) is 0 Å². The molecule has 1 atom stereocenters. The lowest BCUT2D eigenvalue weighted by Gasteiger charge is -2.13. The summed E-state index contributed by atoms with van der Waals surface area (Å²) in [6.45, 7) is 5.33. The Hall–Kier alpha value is -1.22. The van der Waals surface area contributed by atoms with E-state index in [1.54, 1.807) is 0 Å². The van der Waals surface area contributed by atoms with E-state index in [1.807, 2.05) is 36.4 Å². The Morgan fingerprint density at radius 3 is 2.74 bits per heavy atom. The lowest BCUT2D eigenvalue weighted by Crippen LogP contribution is -2.39. The number of carbonyl (C=O) groups is 1. The van der Waals surface area contributed by atoms with Crippen LogP contribution in [0, 0.1) is 13.7 Å². The van der Waals surface area contributed by atoms with Gasteiger partial charge in [0.1, 0.15) is 0 Å². The van der Waals surface area contributed by atoms with Crippen LogP contribution < -0.4 is 10.6 Å². The number of likely N-dealkylation sites (N-methyl/N-ethyl adjacent to an activating group) is 1. The van der Waals surface area contributed by atoms with Crippen molar-refractivity contribution in [2.45, 2.75) is 19.9 Å². The Morgan fingerprint density at radius 1 is 1.53 bits per heavy atom. The number of nitro benzene ring substituents is 1. The van der Waals surface area contributed by atoms with Crippen molar-refractivity contribution in [2.24, 2.45) is 0 Å². The lowest BCUT2D eigenvalue weighted by molar-refractivity contribution is -0.384. The van der Waals surface area contributed by atoms with Crippen molar-refractivity contribution in [3.8, 4) is 0 Å². The van der Waals surface area contributed by atoms with Crippen LogP contribution in [0.1, 0.15) is 24.2 Å². The minimum absolute atomic E-state index is 0.0121. The van der Waals surface area contributed by atoms with Crippen LogP contribution in [0.5, 0.6) is 0 Å². The third kappa shape index (κ3) is 4.75. The molecule has 0 spiro atoms. The molecule has 1 amide bonds. The zero-order valence-electron chi connectivity index (χ0n) is 10.8. The quantitative estimate of drug-likeness (QED) is 0.451. The molecule has 0 saturated carbocycles. The lowest BCUT2D eigenvalue weighted by atomic mass is 10.2. The maximum atomic E-state index is 11.9. The molecule has 2 N–H and O–H groups in total. The Balaban J connectivity index is 2.70. The van der Waals surface area contributed by atoms with Gasteiger partial charge in [-0.05, 0) is 42.1 Å². The molecule has 104 valence electrons. The van der Waals surface area contributed by atoms with Gasteiger partial charge in [-0.2, -0.15) is 0 Å². The standard InChI is InChI=1S/C12H16IN3O3/c1-3-14-8(2)7-15-12(17)10-5-4-9(16(18)19)6-11(10)13/h4-6,8,14H,3,7H2,1-2H3,(H,15,17)/t8-/m1/s1. The molecule has 0 aliphatic carbocycles. The second-order valence-corrected chi connectivity index (χ2v) is 5.25. The smallest absolute Gasteiger partial charge is 0.270 e. The average Bonchev–Trinajstić information content (AvgIpc) is 2.36. The normalized spacial score (nSPS) is 11.9. The van der Waals surface area contributed by atoms with E-state index in [0.717, 1.165) is 6.54 Å². The Morgan fingerprint density at radius 2 is 2.21 bits per heavy atom. The first-order valence-corrected chi connectivity index (χ1v) is 6.99. The van der Waals surface area contributed by atoms with Crippen LogP contribution in [0.3, 0.4) is 0 Å². The summed E-state index contributed by atoms with van der Waals surface area (Å²) in [4.78, 5) is 22.1. The average molecular weight is 377 g/mol. The van der Waals surface area contributed by atoms with Crippen molar-refractivity contribution in [3.63, 3.8) is 0 Å². The van der Waals surface area contributed by atoms with Gasteiger partial charge in [0, 0.05) is 28.3 Å². The molecular formula is C12H16IN3O3. The molecule has 0 unspecified atom stereocenters. The van der Waals surface area contributed by atoms with Crippen molar-refractivity contribution >= 4 is 34.2 Å². The summed E-state index contributed by atoms with van der Waals surface area (Å²) in [7, 11) is 0. The summed E-state index contributed by atoms with van der Waals surface area (Å²) in [5, 5.41) is 16.6. The Labute approximate surface area is 125 Å². The van der Waals surface area contributed by atoms with Crippen molar-refractivity contribution < 1.29 is 9.72 Å². The van der Waals surface area contributed by atoms with E-state index in [1.165, 1.54) is 18.2 Å². The van der Waals surface area contributed by atoms with E-state index >= 15 is 0 Å². The largest absolute Gasteiger partial charge is 0.350 e. The number of hydrogen-bond acceptors (Lipinski definition) is 4. The third-order valence-electron chi connectivity index (χ3n) is 2.53. The monoisotopic (exact) mass is 377 g/mol. The predicted molar refractivity (Wildman–Crippen MR) is 81.3 cm³/mol. The fourth-order valence-corrected chi connectivity index (χ4v) is 2.31. The maximum absolute atomic E-state index is 11.9. The van der Waals surface area contributed by atoms with Crippen molar-refractivity contribution in [1.82, 2.24) is 10.6 Å². The van der Waals surface area contributed by atoms with Gasteiger partial charge in [-0.15, -0.1) is 0 Å². The number of nitrogens with zero attached hydrogens (tertiary/aromatic N) is 1. The van der Waals surface area contributed by atoms with Gasteiger partial charge in [0.15, 0.2) is 0 Å². The van der Waals surface area contributed by atoms with Gasteiger partial charge in [-0.1, -0.05) is 6.92 Å². The van der Waals surface area contributed by atoms with Crippen LogP contribution in [0.4, 0.5) is 5.69 Å². The van der Waals surface area contributed by atoms with Gasteiger partial charge < -0.3 is 10.6 Å². The summed E-state index contributed by atoms with van der Waals surface area (Å²) < 4.78 is 0.570. The Bertz CT molecular complexity index is 479. The molecule has 7 heteroatoms. The highest BCUT2D eigenvalue weighted by Gasteiger charge is 2.14. The van der Waals surface area contributed by atoms with E-state index in [2.05, 4.69) is 10.6 Å². The van der Waals surface area contributed by atoms with Gasteiger partial charge in [-0.25, -0.2) is 0 Å². The van der Waals surface area contributed by atoms with Gasteiger partial charge in [0.25, 0.3) is 11.6 Å². The van der Waals surface area contributed by atoms with E-state index in [4.69, 9.17) is 0 Å². The summed E-state index contributed by atoms with van der Waals surface area (Å²) in [5.41, 5.74) is 0.442. The molecule has 1 aromatic carbocycles. The van der Waals surface area contributed by atoms with E-state index in [0.29, 0.717) is 15.7 Å². The van der Waals surface area contributed by atoms with Gasteiger partial charge in [-0.3, -0.25) is 14.9 Å². The molecule has 1 rings (SSSR count).